The maximum atomic E-state index is 12.9. The normalized spacial score (nSPS) is 18.4. The SMILES string of the molecule is CC(F)C(F)(F)C(F)(F)C(C)C(F)(F)C(F)F. The van der Waals surface area contributed by atoms with Gasteiger partial charge >= 0.3 is 24.2 Å². The number of rotatable bonds is 5. The number of alkyl halides is 9. The lowest BCUT2D eigenvalue weighted by Crippen LogP contribution is -2.57. The van der Waals surface area contributed by atoms with Crippen LogP contribution in [0.15, 0.2) is 0 Å². The minimum absolute atomic E-state index is 0.0289. The van der Waals surface area contributed by atoms with E-state index in [-0.39, 0.29) is 13.8 Å². The van der Waals surface area contributed by atoms with E-state index in [1.165, 1.54) is 0 Å². The van der Waals surface area contributed by atoms with Gasteiger partial charge in [0.2, 0.25) is 0 Å². The third kappa shape index (κ3) is 2.62. The van der Waals surface area contributed by atoms with Gasteiger partial charge in [-0.15, -0.1) is 0 Å². The molecule has 0 bridgehead atoms. The highest BCUT2D eigenvalue weighted by molar-refractivity contribution is 4.98. The van der Waals surface area contributed by atoms with Crippen LogP contribution in [0.1, 0.15) is 13.8 Å². The average molecular weight is 276 g/mol. The second kappa shape index (κ2) is 4.56. The Hall–Kier alpha value is -0.630. The van der Waals surface area contributed by atoms with Crippen LogP contribution in [0.4, 0.5) is 39.5 Å². The molecule has 0 aromatic rings. The second-order valence-corrected chi connectivity index (χ2v) is 3.56. The van der Waals surface area contributed by atoms with Crippen molar-refractivity contribution in [2.75, 3.05) is 0 Å². The Labute approximate surface area is 90.8 Å². The minimum Gasteiger partial charge on any atom is -0.241 e. The average Bonchev–Trinajstić information content (AvgIpc) is 2.15. The smallest absolute Gasteiger partial charge is 0.241 e. The van der Waals surface area contributed by atoms with E-state index in [4.69, 9.17) is 0 Å². The van der Waals surface area contributed by atoms with Crippen LogP contribution in [-0.2, 0) is 0 Å². The molecule has 0 aliphatic heterocycles. The van der Waals surface area contributed by atoms with Crippen molar-refractivity contribution in [1.29, 1.82) is 0 Å². The summed E-state index contributed by atoms with van der Waals surface area (Å²) in [5.74, 6) is -20.1. The molecule has 0 radical (unpaired) electrons. The first-order valence-corrected chi connectivity index (χ1v) is 4.35. The van der Waals surface area contributed by atoms with Crippen molar-refractivity contribution in [2.24, 2.45) is 5.92 Å². The first kappa shape index (κ1) is 16.4. The van der Waals surface area contributed by atoms with E-state index >= 15 is 0 Å². The Bertz CT molecular complexity index is 258. The standard InChI is InChI=1S/C8H9F9/c1-3(6(12,13)5(10)11)7(14,15)8(16,17)4(2)9/h3-5H,1-2H3. The fraction of sp³-hybridized carbons (Fsp3) is 1.00. The van der Waals surface area contributed by atoms with Gasteiger partial charge in [-0.25, -0.2) is 13.2 Å². The largest absolute Gasteiger partial charge is 0.340 e. The van der Waals surface area contributed by atoms with Crippen molar-refractivity contribution in [1.82, 2.24) is 0 Å². The summed E-state index contributed by atoms with van der Waals surface area (Å²) in [6.45, 7) is -0.149. The zero-order valence-electron chi connectivity index (χ0n) is 8.63. The van der Waals surface area contributed by atoms with Gasteiger partial charge in [0, 0.05) is 0 Å². The Morgan fingerprint density at radius 3 is 1.29 bits per heavy atom. The molecular formula is C8H9F9. The van der Waals surface area contributed by atoms with Crippen LogP contribution in [0.3, 0.4) is 0 Å². The minimum atomic E-state index is -5.60. The van der Waals surface area contributed by atoms with Crippen molar-refractivity contribution in [3.8, 4) is 0 Å². The lowest BCUT2D eigenvalue weighted by molar-refractivity contribution is -0.304. The summed E-state index contributed by atoms with van der Waals surface area (Å²) in [4.78, 5) is 0. The summed E-state index contributed by atoms with van der Waals surface area (Å²) in [6, 6.07) is 0. The molecule has 0 saturated heterocycles. The van der Waals surface area contributed by atoms with Crippen LogP contribution in [0.2, 0.25) is 0 Å². The van der Waals surface area contributed by atoms with Crippen molar-refractivity contribution in [3.05, 3.63) is 0 Å². The number of hydrogen-bond donors (Lipinski definition) is 0. The first-order valence-electron chi connectivity index (χ1n) is 4.35. The van der Waals surface area contributed by atoms with E-state index < -0.39 is 36.3 Å². The van der Waals surface area contributed by atoms with Crippen LogP contribution < -0.4 is 0 Å². The van der Waals surface area contributed by atoms with Crippen molar-refractivity contribution in [2.45, 2.75) is 44.2 Å². The first-order chi connectivity index (χ1) is 7.29. The summed E-state index contributed by atoms with van der Waals surface area (Å²) >= 11 is 0. The van der Waals surface area contributed by atoms with Gasteiger partial charge in [-0.2, -0.15) is 26.3 Å². The third-order valence-corrected chi connectivity index (χ3v) is 2.36. The highest BCUT2D eigenvalue weighted by Gasteiger charge is 2.70. The second-order valence-electron chi connectivity index (χ2n) is 3.56. The predicted octanol–water partition coefficient (Wildman–Crippen LogP) is 4.15. The zero-order valence-corrected chi connectivity index (χ0v) is 8.63. The van der Waals surface area contributed by atoms with Crippen LogP contribution in [0.5, 0.6) is 0 Å². The zero-order chi connectivity index (χ0) is 14.2. The number of halogens is 9. The van der Waals surface area contributed by atoms with Gasteiger partial charge in [-0.3, -0.25) is 0 Å². The molecule has 17 heavy (non-hydrogen) atoms. The van der Waals surface area contributed by atoms with E-state index in [2.05, 4.69) is 0 Å². The summed E-state index contributed by atoms with van der Waals surface area (Å²) in [7, 11) is 0. The molecule has 0 nitrogen and oxygen atoms in total. The molecule has 0 fully saturated rings. The topological polar surface area (TPSA) is 0 Å². The molecule has 0 rings (SSSR count). The molecule has 2 unspecified atom stereocenters. The van der Waals surface area contributed by atoms with E-state index in [1.54, 1.807) is 0 Å². The summed E-state index contributed by atoms with van der Waals surface area (Å²) in [6.07, 6.45) is -8.00. The molecule has 0 aromatic carbocycles. The summed E-state index contributed by atoms with van der Waals surface area (Å²) in [5.41, 5.74) is 0. The fourth-order valence-corrected chi connectivity index (χ4v) is 0.985. The van der Waals surface area contributed by atoms with Gasteiger partial charge in [-0.1, -0.05) is 6.92 Å². The van der Waals surface area contributed by atoms with E-state index in [1.807, 2.05) is 0 Å². The molecule has 2 atom stereocenters. The highest BCUT2D eigenvalue weighted by Crippen LogP contribution is 2.49. The third-order valence-electron chi connectivity index (χ3n) is 2.36. The maximum absolute atomic E-state index is 12.9. The molecule has 0 heterocycles. The van der Waals surface area contributed by atoms with Gasteiger partial charge in [0.25, 0.3) is 0 Å². The maximum Gasteiger partial charge on any atom is 0.340 e. The Balaban J connectivity index is 5.34. The molecule has 0 aliphatic carbocycles. The lowest BCUT2D eigenvalue weighted by atomic mass is 9.90. The quantitative estimate of drug-likeness (QED) is 0.662. The molecule has 104 valence electrons. The van der Waals surface area contributed by atoms with Gasteiger partial charge in [-0.05, 0) is 6.92 Å². The van der Waals surface area contributed by atoms with Gasteiger partial charge < -0.3 is 0 Å². The van der Waals surface area contributed by atoms with E-state index in [0.29, 0.717) is 0 Å². The highest BCUT2D eigenvalue weighted by atomic mass is 19.3. The van der Waals surface area contributed by atoms with Crippen LogP contribution >= 0.6 is 0 Å². The van der Waals surface area contributed by atoms with Crippen LogP contribution in [-0.4, -0.2) is 30.4 Å². The Morgan fingerprint density at radius 2 is 1.06 bits per heavy atom. The van der Waals surface area contributed by atoms with Crippen LogP contribution in [0, 0.1) is 5.92 Å². The van der Waals surface area contributed by atoms with Crippen LogP contribution in [0.25, 0.3) is 0 Å². The molecule has 0 aliphatic rings. The van der Waals surface area contributed by atoms with Crippen molar-refractivity contribution >= 4 is 0 Å². The van der Waals surface area contributed by atoms with Gasteiger partial charge in [0.15, 0.2) is 6.17 Å². The molecule has 0 saturated carbocycles. The fourth-order valence-electron chi connectivity index (χ4n) is 0.985. The van der Waals surface area contributed by atoms with Gasteiger partial charge in [0.1, 0.15) is 0 Å². The molecule has 0 N–H and O–H groups in total. The van der Waals surface area contributed by atoms with E-state index in [9.17, 15) is 39.5 Å². The van der Waals surface area contributed by atoms with Gasteiger partial charge in [0.05, 0.1) is 5.92 Å². The Kier molecular flexibility index (Phi) is 4.40. The van der Waals surface area contributed by atoms with Crippen molar-refractivity contribution < 1.29 is 39.5 Å². The van der Waals surface area contributed by atoms with Crippen molar-refractivity contribution in [3.63, 3.8) is 0 Å². The predicted molar refractivity (Wildman–Crippen MR) is 40.6 cm³/mol. The molecule has 0 amide bonds. The molecule has 9 heteroatoms. The monoisotopic (exact) mass is 276 g/mol. The lowest BCUT2D eigenvalue weighted by Gasteiger charge is -2.35. The molecular weight excluding hydrogens is 267 g/mol. The molecule has 0 spiro atoms. The summed E-state index contributed by atoms with van der Waals surface area (Å²) in [5, 5.41) is 0. The summed E-state index contributed by atoms with van der Waals surface area (Å²) < 4.78 is 112. The molecule has 0 aromatic heterocycles. The number of hydrogen-bond acceptors (Lipinski definition) is 0. The Morgan fingerprint density at radius 1 is 0.706 bits per heavy atom. The van der Waals surface area contributed by atoms with E-state index in [0.717, 1.165) is 0 Å².